The molecule has 0 fully saturated rings. The number of hydrogen-bond donors (Lipinski definition) is 0. The summed E-state index contributed by atoms with van der Waals surface area (Å²) in [6.45, 7) is 2.02. The summed E-state index contributed by atoms with van der Waals surface area (Å²) in [5.74, 6) is 0.170. The summed E-state index contributed by atoms with van der Waals surface area (Å²) in [5.41, 5.74) is 1.60. The molecule has 0 unspecified atom stereocenters. The maximum absolute atomic E-state index is 12.4. The van der Waals surface area contributed by atoms with Crippen LogP contribution in [0.2, 0.25) is 0 Å². The van der Waals surface area contributed by atoms with Crippen LogP contribution in [0.5, 0.6) is 0 Å². The Morgan fingerprint density at radius 3 is 2.55 bits per heavy atom. The molecule has 0 saturated heterocycles. The molecule has 0 aliphatic carbocycles. The first kappa shape index (κ1) is 12.6. The Morgan fingerprint density at radius 1 is 1.15 bits per heavy atom. The number of fused-ring (bicyclic) bond motifs is 1. The molecule has 3 aromatic rings. The van der Waals surface area contributed by atoms with Crippen LogP contribution in [-0.4, -0.2) is 15.6 Å². The highest BCUT2D eigenvalue weighted by atomic mass is 16.1. The van der Waals surface area contributed by atoms with E-state index in [1.165, 1.54) is 0 Å². The summed E-state index contributed by atoms with van der Waals surface area (Å²) in [7, 11) is 0. The SMILES string of the molecule is CCCC(=O)c1cc2ccccc2cc1-n1cccn1. The van der Waals surface area contributed by atoms with E-state index in [0.717, 1.165) is 28.4 Å². The van der Waals surface area contributed by atoms with E-state index in [-0.39, 0.29) is 5.78 Å². The molecule has 3 heteroatoms. The fourth-order valence-corrected chi connectivity index (χ4v) is 2.41. The summed E-state index contributed by atoms with van der Waals surface area (Å²) in [5, 5.41) is 6.46. The van der Waals surface area contributed by atoms with Gasteiger partial charge in [0.05, 0.1) is 5.69 Å². The third-order valence-corrected chi connectivity index (χ3v) is 3.39. The smallest absolute Gasteiger partial charge is 0.165 e. The minimum atomic E-state index is 0.170. The maximum atomic E-state index is 12.4. The number of rotatable bonds is 4. The van der Waals surface area contributed by atoms with E-state index in [9.17, 15) is 4.79 Å². The number of hydrogen-bond acceptors (Lipinski definition) is 2. The van der Waals surface area contributed by atoms with Crippen LogP contribution < -0.4 is 0 Å². The lowest BCUT2D eigenvalue weighted by atomic mass is 10.00. The number of nitrogens with zero attached hydrogens (tertiary/aromatic N) is 2. The van der Waals surface area contributed by atoms with E-state index < -0.39 is 0 Å². The largest absolute Gasteiger partial charge is 0.294 e. The van der Waals surface area contributed by atoms with E-state index in [1.807, 2.05) is 49.5 Å². The van der Waals surface area contributed by atoms with Gasteiger partial charge in [-0.2, -0.15) is 5.10 Å². The Morgan fingerprint density at radius 2 is 1.90 bits per heavy atom. The van der Waals surface area contributed by atoms with Gasteiger partial charge in [-0.15, -0.1) is 0 Å². The molecule has 1 aromatic heterocycles. The molecule has 0 amide bonds. The molecule has 0 radical (unpaired) electrons. The quantitative estimate of drug-likeness (QED) is 0.667. The van der Waals surface area contributed by atoms with E-state index in [4.69, 9.17) is 0 Å². The molecule has 0 bridgehead atoms. The Hall–Kier alpha value is -2.42. The van der Waals surface area contributed by atoms with Crippen molar-refractivity contribution in [3.05, 3.63) is 60.4 Å². The molecule has 0 aliphatic rings. The van der Waals surface area contributed by atoms with E-state index in [0.29, 0.717) is 6.42 Å². The highest BCUT2D eigenvalue weighted by molar-refractivity contribution is 6.03. The Balaban J connectivity index is 2.23. The van der Waals surface area contributed by atoms with Gasteiger partial charge in [-0.25, -0.2) is 4.68 Å². The molecule has 0 atom stereocenters. The normalized spacial score (nSPS) is 10.8. The van der Waals surface area contributed by atoms with Crippen molar-refractivity contribution in [3.63, 3.8) is 0 Å². The fraction of sp³-hybridized carbons (Fsp3) is 0.176. The zero-order valence-electron chi connectivity index (χ0n) is 11.4. The molecular formula is C17H16N2O. The Kier molecular flexibility index (Phi) is 3.33. The van der Waals surface area contributed by atoms with Crippen LogP contribution in [0.15, 0.2) is 54.9 Å². The van der Waals surface area contributed by atoms with Crippen LogP contribution in [0, 0.1) is 0 Å². The lowest BCUT2D eigenvalue weighted by molar-refractivity contribution is 0.0981. The van der Waals surface area contributed by atoms with Gasteiger partial charge in [0.15, 0.2) is 5.78 Å². The summed E-state index contributed by atoms with van der Waals surface area (Å²) in [6, 6.07) is 14.0. The molecule has 0 N–H and O–H groups in total. The molecular weight excluding hydrogens is 248 g/mol. The fourth-order valence-electron chi connectivity index (χ4n) is 2.41. The molecule has 0 aliphatic heterocycles. The first-order valence-corrected chi connectivity index (χ1v) is 6.85. The van der Waals surface area contributed by atoms with Crippen molar-refractivity contribution in [1.82, 2.24) is 9.78 Å². The first-order valence-electron chi connectivity index (χ1n) is 6.85. The van der Waals surface area contributed by atoms with Crippen molar-refractivity contribution in [2.24, 2.45) is 0 Å². The van der Waals surface area contributed by atoms with Gasteiger partial charge in [-0.05, 0) is 35.4 Å². The number of benzene rings is 2. The second-order valence-electron chi connectivity index (χ2n) is 4.84. The van der Waals surface area contributed by atoms with Gasteiger partial charge in [0, 0.05) is 24.4 Å². The number of carbonyl (C=O) groups is 1. The van der Waals surface area contributed by atoms with Crippen LogP contribution in [0.25, 0.3) is 16.5 Å². The van der Waals surface area contributed by atoms with Crippen LogP contribution in [0.4, 0.5) is 0 Å². The van der Waals surface area contributed by atoms with Crippen LogP contribution in [0.3, 0.4) is 0 Å². The van der Waals surface area contributed by atoms with Gasteiger partial charge in [-0.3, -0.25) is 4.79 Å². The average molecular weight is 264 g/mol. The van der Waals surface area contributed by atoms with Crippen LogP contribution in [-0.2, 0) is 0 Å². The summed E-state index contributed by atoms with van der Waals surface area (Å²) in [6.07, 6.45) is 5.01. The second kappa shape index (κ2) is 5.29. The predicted molar refractivity (Wildman–Crippen MR) is 80.3 cm³/mol. The molecule has 20 heavy (non-hydrogen) atoms. The van der Waals surface area contributed by atoms with Gasteiger partial charge in [0.25, 0.3) is 0 Å². The van der Waals surface area contributed by atoms with Crippen molar-refractivity contribution in [1.29, 1.82) is 0 Å². The van der Waals surface area contributed by atoms with Crippen molar-refractivity contribution >= 4 is 16.6 Å². The molecule has 100 valence electrons. The summed E-state index contributed by atoms with van der Waals surface area (Å²) in [4.78, 5) is 12.4. The number of aromatic nitrogens is 2. The highest BCUT2D eigenvalue weighted by Crippen LogP contribution is 2.24. The maximum Gasteiger partial charge on any atom is 0.165 e. The van der Waals surface area contributed by atoms with E-state index in [1.54, 1.807) is 10.9 Å². The van der Waals surface area contributed by atoms with Gasteiger partial charge >= 0.3 is 0 Å². The Bertz CT molecular complexity index is 745. The van der Waals surface area contributed by atoms with E-state index >= 15 is 0 Å². The Labute approximate surface area is 117 Å². The first-order chi connectivity index (χ1) is 9.79. The van der Waals surface area contributed by atoms with Crippen molar-refractivity contribution in [3.8, 4) is 5.69 Å². The molecule has 3 nitrogen and oxygen atoms in total. The molecule has 0 spiro atoms. The lowest BCUT2D eigenvalue weighted by Gasteiger charge is -2.10. The van der Waals surface area contributed by atoms with Crippen LogP contribution >= 0.6 is 0 Å². The third-order valence-electron chi connectivity index (χ3n) is 3.39. The molecule has 1 heterocycles. The highest BCUT2D eigenvalue weighted by Gasteiger charge is 2.13. The van der Waals surface area contributed by atoms with E-state index in [2.05, 4.69) is 11.2 Å². The number of Topliss-reactive ketones (excluding diaryl/α,β-unsaturated/α-hetero) is 1. The van der Waals surface area contributed by atoms with Gasteiger partial charge in [-0.1, -0.05) is 31.2 Å². The molecule has 0 saturated carbocycles. The third kappa shape index (κ3) is 2.23. The summed E-state index contributed by atoms with van der Waals surface area (Å²) < 4.78 is 1.76. The van der Waals surface area contributed by atoms with Gasteiger partial charge in [0.2, 0.25) is 0 Å². The lowest BCUT2D eigenvalue weighted by Crippen LogP contribution is -2.06. The number of carbonyl (C=O) groups excluding carboxylic acids is 1. The zero-order chi connectivity index (χ0) is 13.9. The number of ketones is 1. The van der Waals surface area contributed by atoms with Crippen molar-refractivity contribution < 1.29 is 4.79 Å². The van der Waals surface area contributed by atoms with Gasteiger partial charge in [0.1, 0.15) is 0 Å². The zero-order valence-corrected chi connectivity index (χ0v) is 11.4. The molecule has 2 aromatic carbocycles. The topological polar surface area (TPSA) is 34.9 Å². The monoisotopic (exact) mass is 264 g/mol. The average Bonchev–Trinajstić information content (AvgIpc) is 3.00. The van der Waals surface area contributed by atoms with Crippen LogP contribution in [0.1, 0.15) is 30.1 Å². The van der Waals surface area contributed by atoms with Gasteiger partial charge < -0.3 is 0 Å². The molecule has 3 rings (SSSR count). The summed E-state index contributed by atoms with van der Waals surface area (Å²) >= 11 is 0. The van der Waals surface area contributed by atoms with Crippen molar-refractivity contribution in [2.75, 3.05) is 0 Å². The predicted octanol–water partition coefficient (Wildman–Crippen LogP) is 4.01. The van der Waals surface area contributed by atoms with Crippen molar-refractivity contribution in [2.45, 2.75) is 19.8 Å². The second-order valence-corrected chi connectivity index (χ2v) is 4.84. The minimum absolute atomic E-state index is 0.170. The standard InChI is InChI=1S/C17H16N2O/c1-2-6-17(20)15-11-13-7-3-4-8-14(13)12-16(15)19-10-5-9-18-19/h3-5,7-12H,2,6H2,1H3. The minimum Gasteiger partial charge on any atom is -0.294 e.